The van der Waals surface area contributed by atoms with Crippen molar-refractivity contribution < 1.29 is 13.9 Å². The van der Waals surface area contributed by atoms with Gasteiger partial charge in [0.2, 0.25) is 0 Å². The Balaban J connectivity index is 2.50. The van der Waals surface area contributed by atoms with Gasteiger partial charge in [-0.3, -0.25) is 4.39 Å². The predicted octanol–water partition coefficient (Wildman–Crippen LogP) is 2.49. The molecule has 0 spiro atoms. The number of alkyl halides is 1. The number of azide groups is 1. The van der Waals surface area contributed by atoms with E-state index < -0.39 is 18.7 Å². The summed E-state index contributed by atoms with van der Waals surface area (Å²) in [4.78, 5) is 13.8. The van der Waals surface area contributed by atoms with Gasteiger partial charge in [-0.1, -0.05) is 23.3 Å². The minimum absolute atomic E-state index is 0.256. The van der Waals surface area contributed by atoms with Gasteiger partial charge in [-0.25, -0.2) is 4.79 Å². The molecule has 6 heteroatoms. The van der Waals surface area contributed by atoms with Crippen LogP contribution >= 0.6 is 0 Å². The second-order valence-electron chi connectivity index (χ2n) is 2.98. The minimum atomic E-state index is -0.960. The van der Waals surface area contributed by atoms with Crippen molar-refractivity contribution in [1.29, 1.82) is 0 Å². The van der Waals surface area contributed by atoms with Crippen LogP contribution in [0.1, 0.15) is 10.4 Å². The van der Waals surface area contributed by atoms with Crippen LogP contribution < -0.4 is 0 Å². The van der Waals surface area contributed by atoms with Gasteiger partial charge in [-0.05, 0) is 17.7 Å². The van der Waals surface area contributed by atoms with E-state index in [1.165, 1.54) is 0 Å². The molecule has 0 heterocycles. The molecule has 0 saturated carbocycles. The summed E-state index contributed by atoms with van der Waals surface area (Å²) in [5, 5.41) is 3.14. The summed E-state index contributed by atoms with van der Waals surface area (Å²) >= 11 is 0. The lowest BCUT2D eigenvalue weighted by atomic mass is 10.2. The van der Waals surface area contributed by atoms with Crippen molar-refractivity contribution in [2.24, 2.45) is 5.11 Å². The van der Waals surface area contributed by atoms with Crippen molar-refractivity contribution in [3.05, 3.63) is 46.3 Å². The van der Waals surface area contributed by atoms with Gasteiger partial charge in [0, 0.05) is 4.91 Å². The molecule has 0 fully saturated rings. The van der Waals surface area contributed by atoms with E-state index in [1.807, 2.05) is 0 Å². The van der Waals surface area contributed by atoms with Crippen molar-refractivity contribution in [2.75, 3.05) is 13.3 Å². The molecule has 0 aliphatic rings. The Morgan fingerprint density at radius 3 is 2.75 bits per heavy atom. The molecule has 0 amide bonds. The lowest BCUT2D eigenvalue weighted by Crippen LogP contribution is -2.18. The monoisotopic (exact) mass is 223 g/mol. The first kappa shape index (κ1) is 12.0. The normalized spacial score (nSPS) is 11.3. The fourth-order valence-corrected chi connectivity index (χ4v) is 1.01. The molecule has 5 nitrogen and oxygen atoms in total. The SMILES string of the molecule is [N-]=[N+]=NC(CF)COC(=O)c1ccccc1. The first-order chi connectivity index (χ1) is 7.77. The van der Waals surface area contributed by atoms with Gasteiger partial charge in [0.25, 0.3) is 0 Å². The van der Waals surface area contributed by atoms with E-state index in [0.29, 0.717) is 5.56 Å². The van der Waals surface area contributed by atoms with Crippen LogP contribution in [0.5, 0.6) is 0 Å². The van der Waals surface area contributed by atoms with Crippen LogP contribution in [0.3, 0.4) is 0 Å². The molecule has 0 radical (unpaired) electrons. The quantitative estimate of drug-likeness (QED) is 0.333. The zero-order valence-corrected chi connectivity index (χ0v) is 8.41. The van der Waals surface area contributed by atoms with Gasteiger partial charge in [-0.15, -0.1) is 0 Å². The number of halogens is 1. The van der Waals surface area contributed by atoms with Crippen LogP contribution in [0.25, 0.3) is 10.4 Å². The third kappa shape index (κ3) is 3.59. The minimum Gasteiger partial charge on any atom is -0.462 e. The number of esters is 1. The van der Waals surface area contributed by atoms with Crippen LogP contribution in [-0.4, -0.2) is 25.3 Å². The summed E-state index contributed by atoms with van der Waals surface area (Å²) in [6.45, 7) is -1.11. The molecule has 0 saturated heterocycles. The molecule has 1 atom stereocenters. The fraction of sp³-hybridized carbons (Fsp3) is 0.300. The van der Waals surface area contributed by atoms with Crippen molar-refractivity contribution in [3.63, 3.8) is 0 Å². The predicted molar refractivity (Wildman–Crippen MR) is 55.6 cm³/mol. The summed E-state index contributed by atoms with van der Waals surface area (Å²) in [7, 11) is 0. The largest absolute Gasteiger partial charge is 0.462 e. The summed E-state index contributed by atoms with van der Waals surface area (Å²) < 4.78 is 17.0. The lowest BCUT2D eigenvalue weighted by molar-refractivity contribution is 0.0472. The number of nitrogens with zero attached hydrogens (tertiary/aromatic N) is 3. The number of ether oxygens (including phenoxy) is 1. The van der Waals surface area contributed by atoms with Gasteiger partial charge in [-0.2, -0.15) is 0 Å². The maximum absolute atomic E-state index is 12.2. The van der Waals surface area contributed by atoms with Gasteiger partial charge in [0.1, 0.15) is 13.3 Å². The Morgan fingerprint density at radius 2 is 2.19 bits per heavy atom. The molecular weight excluding hydrogens is 213 g/mol. The Hall–Kier alpha value is -2.07. The van der Waals surface area contributed by atoms with Crippen LogP contribution in [0.4, 0.5) is 4.39 Å². The smallest absolute Gasteiger partial charge is 0.338 e. The molecule has 1 aromatic carbocycles. The molecule has 1 rings (SSSR count). The van der Waals surface area contributed by atoms with Crippen LogP contribution in [0.15, 0.2) is 35.4 Å². The van der Waals surface area contributed by atoms with E-state index in [4.69, 9.17) is 10.3 Å². The number of hydrogen-bond donors (Lipinski definition) is 0. The van der Waals surface area contributed by atoms with Crippen molar-refractivity contribution >= 4 is 5.97 Å². The topological polar surface area (TPSA) is 75.1 Å². The molecule has 0 bridgehead atoms. The summed E-state index contributed by atoms with van der Waals surface area (Å²) in [6, 6.07) is 7.35. The number of carbonyl (C=O) groups is 1. The molecular formula is C10H10FN3O2. The van der Waals surface area contributed by atoms with Crippen LogP contribution in [0.2, 0.25) is 0 Å². The highest BCUT2D eigenvalue weighted by molar-refractivity contribution is 5.89. The third-order valence-corrected chi connectivity index (χ3v) is 1.81. The molecule has 84 valence electrons. The fourth-order valence-electron chi connectivity index (χ4n) is 1.01. The summed E-state index contributed by atoms with van der Waals surface area (Å²) in [5.74, 6) is -0.563. The molecule has 0 aliphatic carbocycles. The standard InChI is InChI=1S/C10H10FN3O2/c11-6-9(13-14-12)7-16-10(15)8-4-2-1-3-5-8/h1-5,9H,6-7H2. The lowest BCUT2D eigenvalue weighted by Gasteiger charge is -2.07. The average molecular weight is 223 g/mol. The number of hydrogen-bond acceptors (Lipinski definition) is 3. The first-order valence-electron chi connectivity index (χ1n) is 4.60. The van der Waals surface area contributed by atoms with Crippen molar-refractivity contribution in [3.8, 4) is 0 Å². The van der Waals surface area contributed by atoms with Crippen LogP contribution in [0, 0.1) is 0 Å². The van der Waals surface area contributed by atoms with Gasteiger partial charge < -0.3 is 4.74 Å². The molecule has 16 heavy (non-hydrogen) atoms. The summed E-state index contributed by atoms with van der Waals surface area (Å²) in [5.41, 5.74) is 8.48. The average Bonchev–Trinajstić information content (AvgIpc) is 2.35. The highest BCUT2D eigenvalue weighted by Gasteiger charge is 2.11. The van der Waals surface area contributed by atoms with E-state index in [1.54, 1.807) is 30.3 Å². The Labute approximate surface area is 91.5 Å². The Bertz CT molecular complexity index is 390. The van der Waals surface area contributed by atoms with Crippen molar-refractivity contribution in [1.82, 2.24) is 0 Å². The van der Waals surface area contributed by atoms with Gasteiger partial charge in [0.05, 0.1) is 11.6 Å². The molecule has 1 aromatic rings. The van der Waals surface area contributed by atoms with E-state index in [9.17, 15) is 9.18 Å². The maximum Gasteiger partial charge on any atom is 0.338 e. The second-order valence-corrected chi connectivity index (χ2v) is 2.98. The van der Waals surface area contributed by atoms with Gasteiger partial charge in [0.15, 0.2) is 0 Å². The molecule has 1 unspecified atom stereocenters. The zero-order chi connectivity index (χ0) is 11.8. The Kier molecular flexibility index (Phi) is 4.82. The van der Waals surface area contributed by atoms with Gasteiger partial charge >= 0.3 is 5.97 Å². The van der Waals surface area contributed by atoms with E-state index in [-0.39, 0.29) is 6.61 Å². The highest BCUT2D eigenvalue weighted by atomic mass is 19.1. The molecule has 0 aliphatic heterocycles. The highest BCUT2D eigenvalue weighted by Crippen LogP contribution is 2.03. The molecule has 0 aromatic heterocycles. The number of benzene rings is 1. The summed E-state index contributed by atoms with van der Waals surface area (Å²) in [6.07, 6.45) is 0. The van der Waals surface area contributed by atoms with Crippen molar-refractivity contribution in [2.45, 2.75) is 6.04 Å². The van der Waals surface area contributed by atoms with E-state index in [2.05, 4.69) is 10.0 Å². The third-order valence-electron chi connectivity index (χ3n) is 1.81. The second kappa shape index (κ2) is 6.42. The Morgan fingerprint density at radius 1 is 1.50 bits per heavy atom. The maximum atomic E-state index is 12.2. The number of rotatable bonds is 5. The number of carbonyl (C=O) groups excluding carboxylic acids is 1. The van der Waals surface area contributed by atoms with E-state index in [0.717, 1.165) is 0 Å². The first-order valence-corrected chi connectivity index (χ1v) is 4.60. The zero-order valence-electron chi connectivity index (χ0n) is 8.41. The van der Waals surface area contributed by atoms with Crippen LogP contribution in [-0.2, 0) is 4.74 Å². The van der Waals surface area contributed by atoms with E-state index >= 15 is 0 Å². The molecule has 0 N–H and O–H groups in total.